The van der Waals surface area contributed by atoms with E-state index in [-0.39, 0.29) is 17.5 Å². The number of nitrogens with one attached hydrogen (secondary N) is 2. The number of hydrogen-bond donors (Lipinski definition) is 2. The molecule has 4 nitrogen and oxygen atoms in total. The van der Waals surface area contributed by atoms with Crippen LogP contribution in [0.25, 0.3) is 0 Å². The number of aryl methyl sites for hydroxylation is 2. The molecule has 1 amide bonds. The summed E-state index contributed by atoms with van der Waals surface area (Å²) in [6, 6.07) is 8.63. The zero-order valence-electron chi connectivity index (χ0n) is 14.9. The molecule has 2 rings (SSSR count). The number of nitriles is 1. The van der Waals surface area contributed by atoms with Gasteiger partial charge in [0.2, 0.25) is 0 Å². The molecular formula is C20H27N3O. The van der Waals surface area contributed by atoms with Crippen molar-refractivity contribution in [2.75, 3.05) is 6.54 Å². The summed E-state index contributed by atoms with van der Waals surface area (Å²) in [6.07, 6.45) is 6.38. The summed E-state index contributed by atoms with van der Waals surface area (Å²) in [4.78, 5) is 12.0. The molecule has 0 bridgehead atoms. The van der Waals surface area contributed by atoms with E-state index in [0.717, 1.165) is 6.42 Å². The van der Waals surface area contributed by atoms with Gasteiger partial charge in [0.05, 0.1) is 0 Å². The highest BCUT2D eigenvalue weighted by atomic mass is 16.1. The lowest BCUT2D eigenvalue weighted by atomic mass is 9.89. The monoisotopic (exact) mass is 325 g/mol. The summed E-state index contributed by atoms with van der Waals surface area (Å²) in [5.41, 5.74) is 4.19. The number of nitrogens with zero attached hydrogens (tertiary/aromatic N) is 1. The molecule has 4 heteroatoms. The average molecular weight is 325 g/mol. The van der Waals surface area contributed by atoms with E-state index in [2.05, 4.69) is 28.8 Å². The van der Waals surface area contributed by atoms with Crippen molar-refractivity contribution in [3.8, 4) is 6.07 Å². The first-order valence-electron chi connectivity index (χ1n) is 8.77. The van der Waals surface area contributed by atoms with Crippen molar-refractivity contribution in [1.29, 1.82) is 5.26 Å². The third kappa shape index (κ3) is 4.86. The maximum Gasteiger partial charge on any atom is 0.263 e. The molecule has 0 aromatic heterocycles. The Morgan fingerprint density at radius 1 is 1.25 bits per heavy atom. The fraction of sp³-hybridized carbons (Fsp3) is 0.500. The van der Waals surface area contributed by atoms with E-state index < -0.39 is 0 Å². The molecule has 1 aliphatic carbocycles. The number of hydrogen-bond acceptors (Lipinski definition) is 3. The molecule has 0 radical (unpaired) electrons. The fourth-order valence-corrected chi connectivity index (χ4v) is 2.87. The Morgan fingerprint density at radius 2 is 1.96 bits per heavy atom. The van der Waals surface area contributed by atoms with Crippen LogP contribution in [0.1, 0.15) is 56.3 Å². The zero-order chi connectivity index (χ0) is 17.5. The number of amides is 1. The van der Waals surface area contributed by atoms with Crippen molar-refractivity contribution >= 4 is 5.91 Å². The minimum absolute atomic E-state index is 0.0541. The van der Waals surface area contributed by atoms with E-state index >= 15 is 0 Å². The minimum atomic E-state index is -0.323. The van der Waals surface area contributed by atoms with Crippen LogP contribution in [0, 0.1) is 17.2 Å². The van der Waals surface area contributed by atoms with Gasteiger partial charge in [-0.2, -0.15) is 5.26 Å². The van der Waals surface area contributed by atoms with Crippen molar-refractivity contribution in [2.45, 2.75) is 52.5 Å². The first-order chi connectivity index (χ1) is 11.5. The van der Waals surface area contributed by atoms with E-state index in [1.807, 2.05) is 26.8 Å². The van der Waals surface area contributed by atoms with Gasteiger partial charge in [-0.3, -0.25) is 4.79 Å². The number of carbonyl (C=O) groups excluding carboxylic acids is 1. The summed E-state index contributed by atoms with van der Waals surface area (Å²) in [5.74, 6) is 0.0348. The highest BCUT2D eigenvalue weighted by Gasteiger charge is 2.13. The van der Waals surface area contributed by atoms with Gasteiger partial charge >= 0.3 is 0 Å². The third-order valence-corrected chi connectivity index (χ3v) is 4.39. The lowest BCUT2D eigenvalue weighted by Crippen LogP contribution is -2.29. The van der Waals surface area contributed by atoms with E-state index in [1.165, 1.54) is 42.2 Å². The molecule has 1 aromatic rings. The Balaban J connectivity index is 2.01. The first kappa shape index (κ1) is 18.1. The van der Waals surface area contributed by atoms with Gasteiger partial charge in [0.25, 0.3) is 5.91 Å². The molecule has 0 aliphatic heterocycles. The molecule has 1 atom stereocenters. The molecule has 0 spiro atoms. The summed E-state index contributed by atoms with van der Waals surface area (Å²) in [6.45, 7) is 6.65. The van der Waals surface area contributed by atoms with Gasteiger partial charge in [-0.1, -0.05) is 32.0 Å². The van der Waals surface area contributed by atoms with Crippen LogP contribution in [0.5, 0.6) is 0 Å². The Kier molecular flexibility index (Phi) is 6.43. The van der Waals surface area contributed by atoms with Crippen LogP contribution in [0.4, 0.5) is 0 Å². The van der Waals surface area contributed by atoms with Crippen LogP contribution < -0.4 is 10.6 Å². The standard InChI is InChI=1S/C20H27N3O/c1-14(2)12-23-20(24)19(11-21)13-22-15(3)17-9-8-16-6-4-5-7-18(16)10-17/h8-10,13-15,22H,4-7,12H2,1-3H3,(H,23,24)/b19-13-. The van der Waals surface area contributed by atoms with Gasteiger partial charge in [-0.25, -0.2) is 0 Å². The van der Waals surface area contributed by atoms with Crippen molar-refractivity contribution < 1.29 is 4.79 Å². The second-order valence-corrected chi connectivity index (χ2v) is 6.90. The van der Waals surface area contributed by atoms with Gasteiger partial charge in [0, 0.05) is 18.8 Å². The van der Waals surface area contributed by atoms with Gasteiger partial charge in [0.1, 0.15) is 11.6 Å². The third-order valence-electron chi connectivity index (χ3n) is 4.39. The van der Waals surface area contributed by atoms with Crippen LogP contribution in [0.15, 0.2) is 30.0 Å². The first-order valence-corrected chi connectivity index (χ1v) is 8.77. The Morgan fingerprint density at radius 3 is 2.62 bits per heavy atom. The molecule has 1 aliphatic rings. The van der Waals surface area contributed by atoms with Gasteiger partial charge < -0.3 is 10.6 Å². The van der Waals surface area contributed by atoms with Crippen LogP contribution in [-0.4, -0.2) is 12.5 Å². The van der Waals surface area contributed by atoms with Gasteiger partial charge in [0.15, 0.2) is 0 Å². The van der Waals surface area contributed by atoms with Crippen LogP contribution in [0.2, 0.25) is 0 Å². The second-order valence-electron chi connectivity index (χ2n) is 6.90. The van der Waals surface area contributed by atoms with Crippen molar-refractivity contribution in [3.63, 3.8) is 0 Å². The molecule has 128 valence electrons. The van der Waals surface area contributed by atoms with E-state index in [0.29, 0.717) is 12.5 Å². The van der Waals surface area contributed by atoms with Gasteiger partial charge in [-0.05, 0) is 55.2 Å². The zero-order valence-corrected chi connectivity index (χ0v) is 14.9. The SMILES string of the molecule is CC(C)CNC(=O)/C(C#N)=C\NC(C)c1ccc2c(c1)CCCC2. The highest BCUT2D eigenvalue weighted by Crippen LogP contribution is 2.24. The van der Waals surface area contributed by atoms with E-state index in [9.17, 15) is 10.1 Å². The normalized spacial score (nSPS) is 15.4. The molecule has 0 saturated carbocycles. The molecule has 1 aromatic carbocycles. The molecular weight excluding hydrogens is 298 g/mol. The quantitative estimate of drug-likeness (QED) is 0.622. The maximum absolute atomic E-state index is 12.0. The number of carbonyl (C=O) groups is 1. The van der Waals surface area contributed by atoms with Crippen molar-refractivity contribution in [3.05, 3.63) is 46.7 Å². The summed E-state index contributed by atoms with van der Waals surface area (Å²) < 4.78 is 0. The van der Waals surface area contributed by atoms with E-state index in [1.54, 1.807) is 0 Å². The smallest absolute Gasteiger partial charge is 0.263 e. The van der Waals surface area contributed by atoms with Crippen molar-refractivity contribution in [2.24, 2.45) is 5.92 Å². The van der Waals surface area contributed by atoms with Gasteiger partial charge in [-0.15, -0.1) is 0 Å². The Labute approximate surface area is 144 Å². The predicted molar refractivity (Wildman–Crippen MR) is 96.2 cm³/mol. The van der Waals surface area contributed by atoms with Crippen LogP contribution in [-0.2, 0) is 17.6 Å². The Hall–Kier alpha value is -2.28. The fourth-order valence-electron chi connectivity index (χ4n) is 2.87. The largest absolute Gasteiger partial charge is 0.383 e. The summed E-state index contributed by atoms with van der Waals surface area (Å²) in [5, 5.41) is 15.1. The molecule has 0 fully saturated rings. The maximum atomic E-state index is 12.0. The summed E-state index contributed by atoms with van der Waals surface area (Å²) in [7, 11) is 0. The molecule has 1 unspecified atom stereocenters. The number of fused-ring (bicyclic) bond motifs is 1. The second kappa shape index (κ2) is 8.54. The minimum Gasteiger partial charge on any atom is -0.383 e. The molecule has 2 N–H and O–H groups in total. The van der Waals surface area contributed by atoms with E-state index in [4.69, 9.17) is 0 Å². The lowest BCUT2D eigenvalue weighted by molar-refractivity contribution is -0.117. The number of benzene rings is 1. The predicted octanol–water partition coefficient (Wildman–Crippen LogP) is 3.40. The molecule has 24 heavy (non-hydrogen) atoms. The lowest BCUT2D eigenvalue weighted by Gasteiger charge is -2.19. The molecule has 0 saturated heterocycles. The topological polar surface area (TPSA) is 64.9 Å². The molecule has 0 heterocycles. The number of rotatable bonds is 6. The van der Waals surface area contributed by atoms with Crippen LogP contribution in [0.3, 0.4) is 0 Å². The van der Waals surface area contributed by atoms with Crippen LogP contribution >= 0.6 is 0 Å². The highest BCUT2D eigenvalue weighted by molar-refractivity contribution is 5.97. The Bertz CT molecular complexity index is 655. The summed E-state index contributed by atoms with van der Waals surface area (Å²) >= 11 is 0. The van der Waals surface area contributed by atoms with Crippen molar-refractivity contribution in [1.82, 2.24) is 10.6 Å². The average Bonchev–Trinajstić information content (AvgIpc) is 2.59.